The Morgan fingerprint density at radius 1 is 1.45 bits per heavy atom. The average Bonchev–Trinajstić information content (AvgIpc) is 3.41. The van der Waals surface area contributed by atoms with Crippen LogP contribution in [-0.4, -0.2) is 46.3 Å². The van der Waals surface area contributed by atoms with Gasteiger partial charge in [-0.15, -0.1) is 0 Å². The van der Waals surface area contributed by atoms with Gasteiger partial charge < -0.3 is 14.2 Å². The molecule has 0 spiro atoms. The molecule has 0 radical (unpaired) electrons. The fraction of sp³-hybridized carbons (Fsp3) is 0.550. The van der Waals surface area contributed by atoms with Crippen LogP contribution in [-0.2, 0) is 4.74 Å². The summed E-state index contributed by atoms with van der Waals surface area (Å²) in [7, 11) is 1.45. The Labute approximate surface area is 185 Å². The lowest BCUT2D eigenvalue weighted by Crippen LogP contribution is -2.06. The zero-order chi connectivity index (χ0) is 22.2. The van der Waals surface area contributed by atoms with Crippen LogP contribution in [0.1, 0.15) is 62.9 Å². The van der Waals surface area contributed by atoms with E-state index in [1.807, 2.05) is 0 Å². The Morgan fingerprint density at radius 3 is 2.97 bits per heavy atom. The van der Waals surface area contributed by atoms with Crippen molar-refractivity contribution < 1.29 is 19.1 Å². The van der Waals surface area contributed by atoms with Gasteiger partial charge >= 0.3 is 5.69 Å². The molecule has 1 aromatic carbocycles. The molecule has 1 unspecified atom stereocenters. The van der Waals surface area contributed by atoms with Crippen LogP contribution >= 0.6 is 12.2 Å². The number of nitrogens with one attached hydrogen (secondary N) is 1. The third kappa shape index (κ3) is 5.67. The van der Waals surface area contributed by atoms with Crippen LogP contribution < -0.4 is 9.47 Å². The fourth-order valence-electron chi connectivity index (χ4n) is 3.35. The summed E-state index contributed by atoms with van der Waals surface area (Å²) < 4.78 is 18.5. The monoisotopic (exact) mass is 449 g/mol. The number of nitro benzene ring substituents is 1. The van der Waals surface area contributed by atoms with E-state index in [2.05, 4.69) is 22.2 Å². The molecular weight excluding hydrogens is 422 g/mol. The number of aromatic nitrogens is 3. The first-order valence-corrected chi connectivity index (χ1v) is 10.8. The van der Waals surface area contributed by atoms with Gasteiger partial charge in [-0.1, -0.05) is 26.2 Å². The molecule has 1 atom stereocenters. The van der Waals surface area contributed by atoms with E-state index in [9.17, 15) is 10.1 Å². The molecule has 1 aliphatic rings. The number of benzene rings is 1. The maximum atomic E-state index is 11.7. The molecule has 0 bridgehead atoms. The summed E-state index contributed by atoms with van der Waals surface area (Å²) in [5, 5.41) is 23.0. The van der Waals surface area contributed by atoms with Crippen molar-refractivity contribution in [3.8, 4) is 11.5 Å². The second-order valence-corrected chi connectivity index (χ2v) is 7.57. The number of ether oxygens (including phenoxy) is 3. The van der Waals surface area contributed by atoms with Gasteiger partial charge in [0.05, 0.1) is 24.9 Å². The first-order chi connectivity index (χ1) is 15.0. The van der Waals surface area contributed by atoms with Gasteiger partial charge in [-0.2, -0.15) is 14.9 Å². The summed E-state index contributed by atoms with van der Waals surface area (Å²) in [6.07, 6.45) is 7.10. The highest BCUT2D eigenvalue weighted by Gasteiger charge is 2.24. The maximum absolute atomic E-state index is 11.7. The summed E-state index contributed by atoms with van der Waals surface area (Å²) in [5.74, 6) is 0.981. The van der Waals surface area contributed by atoms with E-state index in [1.54, 1.807) is 6.07 Å². The third-order valence-electron chi connectivity index (χ3n) is 4.93. The number of rotatable bonds is 11. The van der Waals surface area contributed by atoms with Crippen molar-refractivity contribution in [1.29, 1.82) is 0 Å². The highest BCUT2D eigenvalue weighted by molar-refractivity contribution is 7.71. The van der Waals surface area contributed by atoms with Gasteiger partial charge in [0.2, 0.25) is 10.5 Å². The van der Waals surface area contributed by atoms with Gasteiger partial charge in [0.15, 0.2) is 11.6 Å². The molecule has 2 aromatic rings. The topological polar surface area (TPSA) is 117 Å². The van der Waals surface area contributed by atoms with Crippen LogP contribution in [0.5, 0.6) is 11.5 Å². The van der Waals surface area contributed by atoms with Crippen LogP contribution in [0.2, 0.25) is 0 Å². The van der Waals surface area contributed by atoms with Crippen LogP contribution in [0.25, 0.3) is 0 Å². The first kappa shape index (κ1) is 22.9. The minimum Gasteiger partial charge on any atom is -0.493 e. The summed E-state index contributed by atoms with van der Waals surface area (Å²) in [6, 6.07) is 3.05. The molecule has 1 saturated heterocycles. The zero-order valence-electron chi connectivity index (χ0n) is 17.7. The average molecular weight is 450 g/mol. The number of nitro groups is 1. The summed E-state index contributed by atoms with van der Waals surface area (Å²) in [4.78, 5) is 11.2. The van der Waals surface area contributed by atoms with E-state index in [4.69, 9.17) is 26.4 Å². The molecule has 1 fully saturated rings. The number of nitrogens with zero attached hydrogens (tertiary/aromatic N) is 4. The van der Waals surface area contributed by atoms with Crippen LogP contribution in [0.4, 0.5) is 5.69 Å². The Bertz CT molecular complexity index is 981. The van der Waals surface area contributed by atoms with E-state index < -0.39 is 4.92 Å². The molecule has 168 valence electrons. The molecule has 10 nitrogen and oxygen atoms in total. The van der Waals surface area contributed by atoms with Crippen molar-refractivity contribution in [2.45, 2.75) is 51.6 Å². The highest BCUT2D eigenvalue weighted by Crippen LogP contribution is 2.38. The van der Waals surface area contributed by atoms with Crippen molar-refractivity contribution in [2.75, 3.05) is 20.3 Å². The first-order valence-electron chi connectivity index (χ1n) is 10.4. The largest absolute Gasteiger partial charge is 0.493 e. The lowest BCUT2D eigenvalue weighted by molar-refractivity contribution is -0.386. The van der Waals surface area contributed by atoms with Gasteiger partial charge in [-0.3, -0.25) is 15.2 Å². The summed E-state index contributed by atoms with van der Waals surface area (Å²) in [5.41, 5.74) is 0.301. The SMILES string of the molecule is CCCCCCOc1c(OC)cc(/C=N\n2c(C3CCCO3)n[nH]c2=S)cc1[N+](=O)[O-]. The van der Waals surface area contributed by atoms with Crippen molar-refractivity contribution in [1.82, 2.24) is 14.9 Å². The van der Waals surface area contributed by atoms with Gasteiger partial charge in [-0.05, 0) is 37.5 Å². The van der Waals surface area contributed by atoms with Crippen molar-refractivity contribution >= 4 is 24.1 Å². The lowest BCUT2D eigenvalue weighted by atomic mass is 10.1. The number of unbranched alkanes of at least 4 members (excludes halogenated alkanes) is 3. The molecular formula is C20H27N5O5S. The molecule has 1 aromatic heterocycles. The number of H-pyrrole nitrogens is 1. The lowest BCUT2D eigenvalue weighted by Gasteiger charge is -2.12. The standard InChI is InChI=1S/C20H27N5O5S/c1-3-4-5-6-9-30-18-15(25(26)27)11-14(12-17(18)28-2)13-21-24-19(22-23-20(24)31)16-8-7-10-29-16/h11-13,16H,3-10H2,1-2H3,(H,23,31)/b21-13-. The normalized spacial score (nSPS) is 16.1. The van der Waals surface area contributed by atoms with Crippen LogP contribution in [0.15, 0.2) is 17.2 Å². The van der Waals surface area contributed by atoms with Gasteiger partial charge in [0, 0.05) is 18.2 Å². The van der Waals surface area contributed by atoms with E-state index >= 15 is 0 Å². The molecule has 31 heavy (non-hydrogen) atoms. The number of hydrogen-bond donors (Lipinski definition) is 1. The van der Waals surface area contributed by atoms with Crippen LogP contribution in [0, 0.1) is 14.9 Å². The van der Waals surface area contributed by atoms with E-state index in [0.29, 0.717) is 29.4 Å². The molecule has 2 heterocycles. The maximum Gasteiger partial charge on any atom is 0.315 e. The second kappa shape index (κ2) is 11.0. The second-order valence-electron chi connectivity index (χ2n) is 7.18. The van der Waals surface area contributed by atoms with Crippen molar-refractivity contribution in [2.24, 2.45) is 5.10 Å². The minimum atomic E-state index is -0.484. The molecule has 0 amide bonds. The highest BCUT2D eigenvalue weighted by atomic mass is 32.1. The van der Waals surface area contributed by atoms with Gasteiger partial charge in [0.25, 0.3) is 0 Å². The Balaban J connectivity index is 1.85. The van der Waals surface area contributed by atoms with Crippen LogP contribution in [0.3, 0.4) is 0 Å². The Kier molecular flexibility index (Phi) is 8.13. The Hall–Kier alpha value is -2.79. The number of methoxy groups -OCH3 is 1. The quantitative estimate of drug-likeness (QED) is 0.176. The third-order valence-corrected chi connectivity index (χ3v) is 5.20. The van der Waals surface area contributed by atoms with Gasteiger partial charge in [-0.25, -0.2) is 0 Å². The Morgan fingerprint density at radius 2 is 2.29 bits per heavy atom. The molecule has 0 saturated carbocycles. The smallest absolute Gasteiger partial charge is 0.315 e. The summed E-state index contributed by atoms with van der Waals surface area (Å²) >= 11 is 5.26. The molecule has 0 aliphatic carbocycles. The van der Waals surface area contributed by atoms with Crippen molar-refractivity contribution in [3.05, 3.63) is 38.4 Å². The predicted molar refractivity (Wildman–Crippen MR) is 118 cm³/mol. The summed E-state index contributed by atoms with van der Waals surface area (Å²) in [6.45, 7) is 3.17. The number of hydrogen-bond acceptors (Lipinski definition) is 8. The van der Waals surface area contributed by atoms with E-state index in [0.717, 1.165) is 38.5 Å². The molecule has 3 rings (SSSR count). The number of aromatic amines is 1. The molecule has 1 aliphatic heterocycles. The zero-order valence-corrected chi connectivity index (χ0v) is 18.5. The molecule has 11 heteroatoms. The minimum absolute atomic E-state index is 0.126. The van der Waals surface area contributed by atoms with E-state index in [1.165, 1.54) is 24.1 Å². The van der Waals surface area contributed by atoms with E-state index in [-0.39, 0.29) is 23.3 Å². The van der Waals surface area contributed by atoms with Gasteiger partial charge in [0.1, 0.15) is 6.10 Å². The molecule has 1 N–H and O–H groups in total. The van der Waals surface area contributed by atoms with Crippen molar-refractivity contribution in [3.63, 3.8) is 0 Å². The fourth-order valence-corrected chi connectivity index (χ4v) is 3.53. The predicted octanol–water partition coefficient (Wildman–Crippen LogP) is 4.55.